The van der Waals surface area contributed by atoms with Gasteiger partial charge in [0.25, 0.3) is 5.56 Å². The number of nitriles is 1. The van der Waals surface area contributed by atoms with Crippen molar-refractivity contribution in [2.24, 2.45) is 0 Å². The van der Waals surface area contributed by atoms with Gasteiger partial charge in [-0.3, -0.25) is 14.2 Å². The van der Waals surface area contributed by atoms with Gasteiger partial charge in [0.15, 0.2) is 5.78 Å². The molecule has 3 aromatic rings. The summed E-state index contributed by atoms with van der Waals surface area (Å²) in [6.07, 6.45) is 0.825. The number of ether oxygens (including phenoxy) is 1. The summed E-state index contributed by atoms with van der Waals surface area (Å²) in [4.78, 5) is 26.4. The van der Waals surface area contributed by atoms with Crippen LogP contribution in [0.1, 0.15) is 58.9 Å². The zero-order valence-corrected chi connectivity index (χ0v) is 17.8. The van der Waals surface area contributed by atoms with Crippen molar-refractivity contribution in [2.45, 2.75) is 33.2 Å². The zero-order valence-electron chi connectivity index (χ0n) is 17.8. The summed E-state index contributed by atoms with van der Waals surface area (Å²) in [5.41, 5.74) is 0.361. The third kappa shape index (κ3) is 4.22. The Morgan fingerprint density at radius 3 is 2.55 bits per heavy atom. The van der Waals surface area contributed by atoms with Crippen LogP contribution in [0.15, 0.2) is 59.4 Å². The summed E-state index contributed by atoms with van der Waals surface area (Å²) in [5, 5.41) is 20.7. The number of rotatable bonds is 7. The molecule has 0 aliphatic carbocycles. The van der Waals surface area contributed by atoms with Gasteiger partial charge in [-0.1, -0.05) is 49.4 Å². The summed E-state index contributed by atoms with van der Waals surface area (Å²) in [5.74, 6) is -0.401. The molecular weight excluding hydrogens is 392 g/mol. The highest BCUT2D eigenvalue weighted by Gasteiger charge is 2.27. The van der Waals surface area contributed by atoms with E-state index in [9.17, 15) is 20.0 Å². The Balaban J connectivity index is 2.18. The van der Waals surface area contributed by atoms with E-state index in [0.29, 0.717) is 17.9 Å². The lowest BCUT2D eigenvalue weighted by molar-refractivity contribution is 0.103. The summed E-state index contributed by atoms with van der Waals surface area (Å²) in [6, 6.07) is 17.1. The van der Waals surface area contributed by atoms with Crippen LogP contribution in [0.3, 0.4) is 0 Å². The van der Waals surface area contributed by atoms with Crippen molar-refractivity contribution >= 4 is 5.78 Å². The molecule has 2 aromatic carbocycles. The first-order valence-corrected chi connectivity index (χ1v) is 10.1. The van der Waals surface area contributed by atoms with Crippen molar-refractivity contribution in [1.82, 2.24) is 4.57 Å². The van der Waals surface area contributed by atoms with Gasteiger partial charge in [-0.15, -0.1) is 0 Å². The van der Waals surface area contributed by atoms with E-state index in [1.54, 1.807) is 31.2 Å². The molecule has 1 atom stereocenters. The molecule has 1 N–H and O–H groups in total. The quantitative estimate of drug-likeness (QED) is 0.578. The number of aromatic nitrogens is 1. The molecule has 1 aromatic heterocycles. The van der Waals surface area contributed by atoms with Gasteiger partial charge in [0.05, 0.1) is 18.2 Å². The molecule has 0 fully saturated rings. The first-order valence-electron chi connectivity index (χ1n) is 10.1. The molecule has 0 radical (unpaired) electrons. The summed E-state index contributed by atoms with van der Waals surface area (Å²) >= 11 is 0. The smallest absolute Gasteiger partial charge is 0.272 e. The average Bonchev–Trinajstić information content (AvgIpc) is 2.78. The minimum absolute atomic E-state index is 0.0634. The van der Waals surface area contributed by atoms with Gasteiger partial charge in [0, 0.05) is 5.56 Å². The summed E-state index contributed by atoms with van der Waals surface area (Å²) < 4.78 is 6.71. The van der Waals surface area contributed by atoms with Crippen LogP contribution in [0.2, 0.25) is 0 Å². The second-order valence-electron chi connectivity index (χ2n) is 7.28. The molecule has 0 bridgehead atoms. The Bertz CT molecular complexity index is 1210. The molecule has 3 rings (SSSR count). The maximum Gasteiger partial charge on any atom is 0.272 e. The monoisotopic (exact) mass is 416 g/mol. The zero-order chi connectivity index (χ0) is 22.5. The Morgan fingerprint density at radius 2 is 1.90 bits per heavy atom. The van der Waals surface area contributed by atoms with E-state index in [2.05, 4.69) is 0 Å². The largest absolute Gasteiger partial charge is 0.494 e. The van der Waals surface area contributed by atoms with Crippen LogP contribution in [0.4, 0.5) is 0 Å². The van der Waals surface area contributed by atoms with Crippen molar-refractivity contribution in [1.29, 1.82) is 5.26 Å². The van der Waals surface area contributed by atoms with E-state index in [1.807, 2.05) is 43.3 Å². The van der Waals surface area contributed by atoms with Crippen molar-refractivity contribution < 1.29 is 14.6 Å². The molecule has 0 saturated carbocycles. The minimum Gasteiger partial charge on any atom is -0.494 e. The summed E-state index contributed by atoms with van der Waals surface area (Å²) in [6.45, 7) is 5.74. The van der Waals surface area contributed by atoms with Crippen molar-refractivity contribution in [3.8, 4) is 17.7 Å². The molecule has 0 spiro atoms. The van der Waals surface area contributed by atoms with Crippen LogP contribution in [-0.2, 0) is 0 Å². The maximum absolute atomic E-state index is 13.4. The fourth-order valence-electron chi connectivity index (χ4n) is 3.53. The lowest BCUT2D eigenvalue weighted by atomic mass is 9.96. The predicted octanol–water partition coefficient (Wildman–Crippen LogP) is 4.36. The second-order valence-corrected chi connectivity index (χ2v) is 7.28. The van der Waals surface area contributed by atoms with Gasteiger partial charge < -0.3 is 9.84 Å². The third-order valence-corrected chi connectivity index (χ3v) is 5.21. The number of ketones is 1. The molecule has 0 saturated heterocycles. The Kier molecular flexibility index (Phi) is 6.56. The molecule has 0 aliphatic heterocycles. The number of carbonyl (C=O) groups excluding carboxylic acids is 1. The first kappa shape index (κ1) is 21.8. The van der Waals surface area contributed by atoms with E-state index in [1.165, 1.54) is 6.92 Å². The van der Waals surface area contributed by atoms with Gasteiger partial charge in [0.1, 0.15) is 17.4 Å². The molecular formula is C25H24N2O4. The highest BCUT2D eigenvalue weighted by molar-refractivity contribution is 6.11. The minimum atomic E-state index is -0.634. The normalized spacial score (nSPS) is 11.5. The molecule has 6 nitrogen and oxygen atoms in total. The van der Waals surface area contributed by atoms with Gasteiger partial charge in [-0.25, -0.2) is 0 Å². The number of benzene rings is 2. The predicted molar refractivity (Wildman–Crippen MR) is 118 cm³/mol. The van der Waals surface area contributed by atoms with Gasteiger partial charge in [-0.05, 0) is 43.5 Å². The lowest BCUT2D eigenvalue weighted by Crippen LogP contribution is -2.29. The third-order valence-electron chi connectivity index (χ3n) is 5.21. The van der Waals surface area contributed by atoms with Crippen LogP contribution in [0, 0.1) is 18.3 Å². The number of pyridine rings is 1. The van der Waals surface area contributed by atoms with Crippen LogP contribution < -0.4 is 10.3 Å². The first-order chi connectivity index (χ1) is 14.9. The molecule has 1 unspecified atom stereocenters. The van der Waals surface area contributed by atoms with Gasteiger partial charge in [0.2, 0.25) is 5.88 Å². The molecule has 158 valence electrons. The van der Waals surface area contributed by atoms with Crippen LogP contribution >= 0.6 is 0 Å². The Morgan fingerprint density at radius 1 is 1.19 bits per heavy atom. The number of nitrogens with zero attached hydrogens (tertiary/aromatic N) is 2. The van der Waals surface area contributed by atoms with Crippen LogP contribution in [0.25, 0.3) is 0 Å². The number of carbonyl (C=O) groups is 1. The molecule has 0 aliphatic rings. The molecule has 1 heterocycles. The highest BCUT2D eigenvalue weighted by Crippen LogP contribution is 2.30. The average molecular weight is 416 g/mol. The Hall–Kier alpha value is -3.85. The Labute approximate surface area is 181 Å². The highest BCUT2D eigenvalue weighted by atomic mass is 16.5. The van der Waals surface area contributed by atoms with E-state index < -0.39 is 23.3 Å². The van der Waals surface area contributed by atoms with Crippen molar-refractivity contribution in [2.75, 3.05) is 6.61 Å². The van der Waals surface area contributed by atoms with Crippen molar-refractivity contribution in [3.63, 3.8) is 0 Å². The number of aromatic hydroxyl groups is 1. The van der Waals surface area contributed by atoms with E-state index >= 15 is 0 Å². The topological polar surface area (TPSA) is 92.3 Å². The van der Waals surface area contributed by atoms with Gasteiger partial charge >= 0.3 is 0 Å². The van der Waals surface area contributed by atoms with E-state index in [4.69, 9.17) is 4.74 Å². The van der Waals surface area contributed by atoms with Crippen LogP contribution in [0.5, 0.6) is 11.6 Å². The number of hydrogen-bond donors (Lipinski definition) is 1. The standard InChI is InChI=1S/C25H24N2O4/c1-4-13-31-20-12-8-11-19(14-20)23(28)22-16(2)21(15-26)24(29)27(25(22)30)17(3)18-9-6-5-7-10-18/h5-12,14,17,30H,4,13H2,1-3H3. The molecule has 0 amide bonds. The SMILES string of the molecule is CCCOc1cccc(C(=O)c2c(C)c(C#N)c(=O)n(C(C)c3ccccc3)c2O)c1. The fourth-order valence-corrected chi connectivity index (χ4v) is 3.53. The van der Waals surface area contributed by atoms with Crippen molar-refractivity contribution in [3.05, 3.63) is 92.8 Å². The maximum atomic E-state index is 13.4. The van der Waals surface area contributed by atoms with E-state index in [0.717, 1.165) is 16.6 Å². The number of hydrogen-bond acceptors (Lipinski definition) is 5. The molecule has 6 heteroatoms. The summed E-state index contributed by atoms with van der Waals surface area (Å²) in [7, 11) is 0. The second kappa shape index (κ2) is 9.31. The lowest BCUT2D eigenvalue weighted by Gasteiger charge is -2.21. The fraction of sp³-hybridized carbons (Fsp3) is 0.240. The molecule has 31 heavy (non-hydrogen) atoms. The van der Waals surface area contributed by atoms with E-state index in [-0.39, 0.29) is 16.7 Å². The van der Waals surface area contributed by atoms with Crippen LogP contribution in [-0.4, -0.2) is 22.1 Å². The van der Waals surface area contributed by atoms with Gasteiger partial charge in [-0.2, -0.15) is 5.26 Å².